The van der Waals surface area contributed by atoms with Crippen LogP contribution in [0, 0.1) is 0 Å². The third kappa shape index (κ3) is 1.27. The van der Waals surface area contributed by atoms with Crippen molar-refractivity contribution in [3.63, 3.8) is 0 Å². The highest BCUT2D eigenvalue weighted by Crippen LogP contribution is 2.17. The lowest BCUT2D eigenvalue weighted by atomic mass is 10.2. The Morgan fingerprint density at radius 2 is 2.14 bits per heavy atom. The summed E-state index contributed by atoms with van der Waals surface area (Å²) in [5.41, 5.74) is 2.01. The predicted molar refractivity (Wildman–Crippen MR) is 55.1 cm³/mol. The molecule has 0 N–H and O–H groups in total. The van der Waals surface area contributed by atoms with Crippen LogP contribution in [0.1, 0.15) is 32.5 Å². The molecule has 0 amide bonds. The Hall–Kier alpha value is -1.45. The fourth-order valence-electron chi connectivity index (χ4n) is 1.57. The number of aromatic nitrogens is 4. The van der Waals surface area contributed by atoms with Gasteiger partial charge in [0.25, 0.3) is 0 Å². The van der Waals surface area contributed by atoms with Crippen LogP contribution in [0.5, 0.6) is 0 Å². The van der Waals surface area contributed by atoms with E-state index in [0.29, 0.717) is 6.04 Å². The van der Waals surface area contributed by atoms with Crippen molar-refractivity contribution < 1.29 is 0 Å². The van der Waals surface area contributed by atoms with Gasteiger partial charge >= 0.3 is 0 Å². The molecule has 0 radical (unpaired) electrons. The largest absolute Gasteiger partial charge is 0.245 e. The van der Waals surface area contributed by atoms with Gasteiger partial charge in [0.2, 0.25) is 0 Å². The van der Waals surface area contributed by atoms with Crippen LogP contribution in [0.4, 0.5) is 0 Å². The molecule has 2 heterocycles. The van der Waals surface area contributed by atoms with Gasteiger partial charge in [-0.2, -0.15) is 5.10 Å². The third-order valence-corrected chi connectivity index (χ3v) is 2.30. The highest BCUT2D eigenvalue weighted by molar-refractivity contribution is 5.76. The summed E-state index contributed by atoms with van der Waals surface area (Å²) in [6, 6.07) is 0.340. The fourth-order valence-corrected chi connectivity index (χ4v) is 1.57. The lowest BCUT2D eigenvalue weighted by molar-refractivity contribution is 0.546. The third-order valence-electron chi connectivity index (χ3n) is 2.30. The zero-order chi connectivity index (χ0) is 10.1. The molecule has 0 aliphatic carbocycles. The zero-order valence-electron chi connectivity index (χ0n) is 8.73. The van der Waals surface area contributed by atoms with Gasteiger partial charge in [-0.1, -0.05) is 6.92 Å². The summed E-state index contributed by atoms with van der Waals surface area (Å²) in [5.74, 6) is 0. The molecular formula is C10H14N4. The first-order valence-corrected chi connectivity index (χ1v) is 4.91. The first-order valence-electron chi connectivity index (χ1n) is 4.91. The summed E-state index contributed by atoms with van der Waals surface area (Å²) in [5, 5.41) is 5.39. The zero-order valence-corrected chi connectivity index (χ0v) is 8.73. The molecule has 2 aromatic heterocycles. The maximum atomic E-state index is 4.32. The normalized spacial score (nSPS) is 11.4. The highest BCUT2D eigenvalue weighted by atomic mass is 15.3. The van der Waals surface area contributed by atoms with Crippen molar-refractivity contribution in [2.24, 2.45) is 0 Å². The second-order valence-electron chi connectivity index (χ2n) is 3.59. The summed E-state index contributed by atoms with van der Waals surface area (Å²) in [7, 11) is 0. The molecule has 0 unspecified atom stereocenters. The van der Waals surface area contributed by atoms with Gasteiger partial charge in [0.05, 0.1) is 17.3 Å². The Morgan fingerprint density at radius 1 is 1.36 bits per heavy atom. The summed E-state index contributed by atoms with van der Waals surface area (Å²) in [4.78, 5) is 8.49. The first kappa shape index (κ1) is 9.12. The Kier molecular flexibility index (Phi) is 2.19. The quantitative estimate of drug-likeness (QED) is 0.727. The topological polar surface area (TPSA) is 43.6 Å². The van der Waals surface area contributed by atoms with E-state index in [9.17, 15) is 0 Å². The smallest absolute Gasteiger partial charge is 0.161 e. The van der Waals surface area contributed by atoms with Crippen molar-refractivity contribution in [1.82, 2.24) is 19.7 Å². The van der Waals surface area contributed by atoms with Gasteiger partial charge in [-0.3, -0.25) is 0 Å². The molecule has 74 valence electrons. The number of nitrogens with zero attached hydrogens (tertiary/aromatic N) is 4. The van der Waals surface area contributed by atoms with Crippen LogP contribution >= 0.6 is 0 Å². The summed E-state index contributed by atoms with van der Waals surface area (Å²) >= 11 is 0. The van der Waals surface area contributed by atoms with E-state index in [1.54, 1.807) is 6.33 Å². The SMILES string of the molecule is CCc1ncnc2c1cnn2C(C)C. The summed E-state index contributed by atoms with van der Waals surface area (Å²) in [6.45, 7) is 6.29. The van der Waals surface area contributed by atoms with Gasteiger partial charge < -0.3 is 0 Å². The van der Waals surface area contributed by atoms with Crippen molar-refractivity contribution in [2.45, 2.75) is 33.2 Å². The van der Waals surface area contributed by atoms with Gasteiger partial charge in [0, 0.05) is 6.04 Å². The molecule has 0 aromatic carbocycles. The van der Waals surface area contributed by atoms with E-state index < -0.39 is 0 Å². The van der Waals surface area contributed by atoms with E-state index in [-0.39, 0.29) is 0 Å². The van der Waals surface area contributed by atoms with Crippen molar-refractivity contribution in [3.05, 3.63) is 18.2 Å². The number of rotatable bonds is 2. The van der Waals surface area contributed by atoms with Gasteiger partial charge in [-0.05, 0) is 20.3 Å². The van der Waals surface area contributed by atoms with Crippen molar-refractivity contribution in [3.8, 4) is 0 Å². The average Bonchev–Trinajstić information content (AvgIpc) is 2.60. The van der Waals surface area contributed by atoms with E-state index in [1.807, 2.05) is 10.9 Å². The Balaban J connectivity index is 2.69. The maximum Gasteiger partial charge on any atom is 0.161 e. The van der Waals surface area contributed by atoms with Gasteiger partial charge in [-0.25, -0.2) is 14.6 Å². The molecule has 14 heavy (non-hydrogen) atoms. The van der Waals surface area contributed by atoms with Crippen LogP contribution in [-0.2, 0) is 6.42 Å². The molecule has 4 heteroatoms. The molecule has 0 saturated carbocycles. The number of fused-ring (bicyclic) bond motifs is 1. The number of hydrogen-bond acceptors (Lipinski definition) is 3. The predicted octanol–water partition coefficient (Wildman–Crippen LogP) is 1.97. The lowest BCUT2D eigenvalue weighted by Crippen LogP contribution is -2.03. The molecule has 4 nitrogen and oxygen atoms in total. The molecule has 2 aromatic rings. The van der Waals surface area contributed by atoms with E-state index in [2.05, 4.69) is 35.8 Å². The molecule has 0 saturated heterocycles. The molecule has 0 aliphatic rings. The maximum absolute atomic E-state index is 4.32. The Morgan fingerprint density at radius 3 is 2.79 bits per heavy atom. The lowest BCUT2D eigenvalue weighted by Gasteiger charge is -2.05. The van der Waals surface area contributed by atoms with Crippen molar-refractivity contribution in [2.75, 3.05) is 0 Å². The van der Waals surface area contributed by atoms with Crippen LogP contribution < -0.4 is 0 Å². The standard InChI is InChI=1S/C10H14N4/c1-4-9-8-5-13-14(7(2)3)10(8)12-6-11-9/h5-7H,4H2,1-3H3. The fraction of sp³-hybridized carbons (Fsp3) is 0.500. The van der Waals surface area contributed by atoms with E-state index in [0.717, 1.165) is 23.1 Å². The monoisotopic (exact) mass is 190 g/mol. The minimum Gasteiger partial charge on any atom is -0.245 e. The summed E-state index contributed by atoms with van der Waals surface area (Å²) < 4.78 is 1.93. The number of hydrogen-bond donors (Lipinski definition) is 0. The molecule has 0 aliphatic heterocycles. The van der Waals surface area contributed by atoms with Gasteiger partial charge in [0.15, 0.2) is 5.65 Å². The minimum absolute atomic E-state index is 0.340. The van der Waals surface area contributed by atoms with Crippen LogP contribution in [0.15, 0.2) is 12.5 Å². The summed E-state index contributed by atoms with van der Waals surface area (Å²) in [6.07, 6.45) is 4.39. The second kappa shape index (κ2) is 3.36. The molecule has 0 atom stereocenters. The van der Waals surface area contributed by atoms with Crippen LogP contribution in [0.25, 0.3) is 11.0 Å². The highest BCUT2D eigenvalue weighted by Gasteiger charge is 2.09. The number of aryl methyl sites for hydroxylation is 1. The molecule has 0 spiro atoms. The second-order valence-corrected chi connectivity index (χ2v) is 3.59. The van der Waals surface area contributed by atoms with E-state index >= 15 is 0 Å². The first-order chi connectivity index (χ1) is 6.74. The van der Waals surface area contributed by atoms with Gasteiger partial charge in [0.1, 0.15) is 6.33 Å². The van der Waals surface area contributed by atoms with Gasteiger partial charge in [-0.15, -0.1) is 0 Å². The van der Waals surface area contributed by atoms with E-state index in [1.165, 1.54) is 0 Å². The molecule has 0 bridgehead atoms. The van der Waals surface area contributed by atoms with Crippen molar-refractivity contribution >= 4 is 11.0 Å². The Labute approximate surface area is 83.0 Å². The van der Waals surface area contributed by atoms with Crippen LogP contribution in [0.2, 0.25) is 0 Å². The van der Waals surface area contributed by atoms with Crippen LogP contribution in [0.3, 0.4) is 0 Å². The minimum atomic E-state index is 0.340. The molecular weight excluding hydrogens is 176 g/mol. The molecule has 2 rings (SSSR count). The average molecular weight is 190 g/mol. The van der Waals surface area contributed by atoms with Crippen molar-refractivity contribution in [1.29, 1.82) is 0 Å². The van der Waals surface area contributed by atoms with Crippen LogP contribution in [-0.4, -0.2) is 19.7 Å². The van der Waals surface area contributed by atoms with E-state index in [4.69, 9.17) is 0 Å². The molecule has 0 fully saturated rings. The Bertz CT molecular complexity index is 444.